The van der Waals surface area contributed by atoms with Crippen LogP contribution in [0.4, 0.5) is 11.4 Å². The Morgan fingerprint density at radius 1 is 0.967 bits per heavy atom. The molecular weight excluding hydrogens is 382 g/mol. The smallest absolute Gasteiger partial charge is 0.250 e. The van der Waals surface area contributed by atoms with E-state index in [1.54, 1.807) is 30.3 Å². The highest BCUT2D eigenvalue weighted by molar-refractivity contribution is 6.30. The van der Waals surface area contributed by atoms with Gasteiger partial charge >= 0.3 is 0 Å². The Hall–Kier alpha value is -3.48. The molecular formula is C23H25N3O4. The minimum Gasteiger partial charge on any atom is -0.369 e. The highest BCUT2D eigenvalue weighted by Crippen LogP contribution is 2.39. The number of carbonyl (C=O) groups is 4. The highest BCUT2D eigenvalue weighted by atomic mass is 16.2. The molecule has 0 radical (unpaired) electrons. The molecule has 0 spiro atoms. The molecule has 30 heavy (non-hydrogen) atoms. The second kappa shape index (κ2) is 7.74. The van der Waals surface area contributed by atoms with Gasteiger partial charge in [0.25, 0.3) is 5.91 Å². The summed E-state index contributed by atoms with van der Waals surface area (Å²) >= 11 is 0. The van der Waals surface area contributed by atoms with Crippen molar-refractivity contribution in [2.24, 2.45) is 11.1 Å². The van der Waals surface area contributed by atoms with Gasteiger partial charge in [0.05, 0.1) is 18.5 Å². The maximum Gasteiger partial charge on any atom is 0.250 e. The fraction of sp³-hybridized carbons (Fsp3) is 0.304. The maximum absolute atomic E-state index is 13.2. The van der Waals surface area contributed by atoms with Gasteiger partial charge in [-0.25, -0.2) is 4.90 Å². The van der Waals surface area contributed by atoms with Crippen LogP contribution in [-0.4, -0.2) is 23.6 Å². The number of benzene rings is 2. The number of rotatable bonds is 5. The molecule has 2 aromatic carbocycles. The van der Waals surface area contributed by atoms with E-state index < -0.39 is 41.9 Å². The summed E-state index contributed by atoms with van der Waals surface area (Å²) in [6.07, 6.45) is -0.935. The lowest BCUT2D eigenvalue weighted by atomic mass is 9.81. The first-order valence-corrected chi connectivity index (χ1v) is 9.67. The van der Waals surface area contributed by atoms with Crippen LogP contribution in [0.25, 0.3) is 0 Å². The summed E-state index contributed by atoms with van der Waals surface area (Å²) in [6, 6.07) is 10.5. The minimum absolute atomic E-state index is 0.366. The molecule has 1 aliphatic rings. The molecule has 1 heterocycles. The summed E-state index contributed by atoms with van der Waals surface area (Å²) in [5.41, 5.74) is 8.53. The quantitative estimate of drug-likeness (QED) is 0.586. The number of anilines is 2. The molecule has 1 aliphatic heterocycles. The first-order chi connectivity index (χ1) is 14.0. The fourth-order valence-corrected chi connectivity index (χ4v) is 3.58. The summed E-state index contributed by atoms with van der Waals surface area (Å²) in [7, 11) is 0. The van der Waals surface area contributed by atoms with E-state index in [0.717, 1.165) is 27.2 Å². The third-order valence-corrected chi connectivity index (χ3v) is 5.79. The Morgan fingerprint density at radius 3 is 2.13 bits per heavy atom. The number of aryl methyl sites for hydroxylation is 4. The predicted molar refractivity (Wildman–Crippen MR) is 114 cm³/mol. The van der Waals surface area contributed by atoms with Crippen molar-refractivity contribution in [3.05, 3.63) is 58.7 Å². The number of imide groups is 1. The van der Waals surface area contributed by atoms with Crippen molar-refractivity contribution in [2.45, 2.75) is 40.5 Å². The average molecular weight is 407 g/mol. The minimum atomic E-state index is -1.90. The van der Waals surface area contributed by atoms with Crippen molar-refractivity contribution in [2.75, 3.05) is 10.2 Å². The van der Waals surface area contributed by atoms with Crippen LogP contribution in [0, 0.1) is 33.1 Å². The van der Waals surface area contributed by atoms with Gasteiger partial charge < -0.3 is 11.1 Å². The Balaban J connectivity index is 1.88. The lowest BCUT2D eigenvalue weighted by Crippen LogP contribution is -2.46. The Morgan fingerprint density at radius 2 is 1.57 bits per heavy atom. The zero-order chi connectivity index (χ0) is 22.2. The number of nitrogens with two attached hydrogens (primary N) is 1. The largest absolute Gasteiger partial charge is 0.369 e. The summed E-state index contributed by atoms with van der Waals surface area (Å²) < 4.78 is 0. The Labute approximate surface area is 175 Å². The maximum atomic E-state index is 13.2. The van der Waals surface area contributed by atoms with Crippen LogP contribution < -0.4 is 16.0 Å². The number of carbonyl (C=O) groups excluding carboxylic acids is 4. The van der Waals surface area contributed by atoms with Crippen molar-refractivity contribution in [1.82, 2.24) is 0 Å². The number of primary amides is 1. The number of hydrogen-bond donors (Lipinski definition) is 2. The molecule has 3 rings (SSSR count). The fourth-order valence-electron chi connectivity index (χ4n) is 3.58. The van der Waals surface area contributed by atoms with Gasteiger partial charge in [-0.1, -0.05) is 12.1 Å². The summed E-state index contributed by atoms with van der Waals surface area (Å²) in [6.45, 7) is 7.64. The zero-order valence-corrected chi connectivity index (χ0v) is 17.5. The average Bonchev–Trinajstić information content (AvgIpc) is 2.91. The third kappa shape index (κ3) is 3.70. The molecule has 0 aromatic heterocycles. The summed E-state index contributed by atoms with van der Waals surface area (Å²) in [5, 5.41) is 2.69. The first-order valence-electron chi connectivity index (χ1n) is 9.67. The topological polar surface area (TPSA) is 110 Å². The number of amides is 4. The molecule has 4 amide bonds. The lowest BCUT2D eigenvalue weighted by molar-refractivity contribution is -0.141. The van der Waals surface area contributed by atoms with Gasteiger partial charge in [0.15, 0.2) is 0 Å². The van der Waals surface area contributed by atoms with E-state index in [9.17, 15) is 19.2 Å². The van der Waals surface area contributed by atoms with E-state index in [2.05, 4.69) is 5.32 Å². The number of nitrogens with one attached hydrogen (secondary N) is 1. The van der Waals surface area contributed by atoms with Crippen LogP contribution >= 0.6 is 0 Å². The van der Waals surface area contributed by atoms with E-state index >= 15 is 0 Å². The number of nitrogens with zero attached hydrogens (tertiary/aromatic N) is 1. The summed E-state index contributed by atoms with van der Waals surface area (Å²) in [5.74, 6) is -2.86. The van der Waals surface area contributed by atoms with Gasteiger partial charge in [-0.2, -0.15) is 0 Å². The predicted octanol–water partition coefficient (Wildman–Crippen LogP) is 2.68. The van der Waals surface area contributed by atoms with Crippen molar-refractivity contribution in [3.63, 3.8) is 0 Å². The van der Waals surface area contributed by atoms with Crippen molar-refractivity contribution in [1.29, 1.82) is 0 Å². The molecule has 0 bridgehead atoms. The van der Waals surface area contributed by atoms with Crippen LogP contribution in [0.3, 0.4) is 0 Å². The van der Waals surface area contributed by atoms with Gasteiger partial charge in [0.1, 0.15) is 5.41 Å². The van der Waals surface area contributed by atoms with Crippen LogP contribution in [-0.2, 0) is 19.2 Å². The van der Waals surface area contributed by atoms with Gasteiger partial charge in [0.2, 0.25) is 17.7 Å². The SMILES string of the molecule is Cc1ccc(NC(=O)C[C@]2(C(N)=O)CC(=O)N(c3ccc(C)c(C)c3)C2=O)cc1C. The van der Waals surface area contributed by atoms with Gasteiger partial charge in [0, 0.05) is 5.69 Å². The highest BCUT2D eigenvalue weighted by Gasteiger charge is 2.57. The van der Waals surface area contributed by atoms with E-state index in [1.807, 2.05) is 33.8 Å². The van der Waals surface area contributed by atoms with Gasteiger partial charge in [-0.05, 0) is 74.2 Å². The van der Waals surface area contributed by atoms with Gasteiger partial charge in [-0.3, -0.25) is 19.2 Å². The van der Waals surface area contributed by atoms with Crippen molar-refractivity contribution in [3.8, 4) is 0 Å². The normalized spacial score (nSPS) is 18.6. The molecule has 3 N–H and O–H groups in total. The van der Waals surface area contributed by atoms with Crippen molar-refractivity contribution >= 4 is 35.0 Å². The van der Waals surface area contributed by atoms with Crippen LogP contribution in [0.2, 0.25) is 0 Å². The lowest BCUT2D eigenvalue weighted by Gasteiger charge is -2.23. The molecule has 0 aliphatic carbocycles. The molecule has 0 saturated carbocycles. The molecule has 1 atom stereocenters. The van der Waals surface area contributed by atoms with E-state index in [0.29, 0.717) is 11.4 Å². The van der Waals surface area contributed by atoms with Crippen LogP contribution in [0.15, 0.2) is 36.4 Å². The van der Waals surface area contributed by atoms with Crippen LogP contribution in [0.5, 0.6) is 0 Å². The molecule has 7 heteroatoms. The number of hydrogen-bond acceptors (Lipinski definition) is 4. The Bertz CT molecular complexity index is 1080. The summed E-state index contributed by atoms with van der Waals surface area (Å²) in [4.78, 5) is 51.8. The second-order valence-corrected chi connectivity index (χ2v) is 7.95. The molecule has 0 unspecified atom stereocenters. The molecule has 156 valence electrons. The van der Waals surface area contributed by atoms with Gasteiger partial charge in [-0.15, -0.1) is 0 Å². The molecule has 1 saturated heterocycles. The second-order valence-electron chi connectivity index (χ2n) is 7.95. The van der Waals surface area contributed by atoms with Crippen molar-refractivity contribution < 1.29 is 19.2 Å². The monoisotopic (exact) mass is 407 g/mol. The van der Waals surface area contributed by atoms with Crippen LogP contribution in [0.1, 0.15) is 35.1 Å². The van der Waals surface area contributed by atoms with E-state index in [4.69, 9.17) is 5.73 Å². The first kappa shape index (κ1) is 21.2. The van der Waals surface area contributed by atoms with E-state index in [-0.39, 0.29) is 0 Å². The third-order valence-electron chi connectivity index (χ3n) is 5.79. The molecule has 2 aromatic rings. The zero-order valence-electron chi connectivity index (χ0n) is 17.5. The molecule has 1 fully saturated rings. The standard InChI is InChI=1S/C23H25N3O4/c1-13-5-7-17(9-15(13)3)25-19(27)11-23(21(24)29)12-20(28)26(22(23)30)18-8-6-14(2)16(4)10-18/h5-10H,11-12H2,1-4H3,(H2,24,29)(H,25,27)/t23-/m1/s1. The Kier molecular flexibility index (Phi) is 5.48. The molecule has 7 nitrogen and oxygen atoms in total. The van der Waals surface area contributed by atoms with E-state index in [1.165, 1.54) is 0 Å².